The Hall–Kier alpha value is -3.44. The Bertz CT molecular complexity index is 1520. The molecule has 2 aromatic heterocycles. The highest BCUT2D eigenvalue weighted by Gasteiger charge is 2.36. The van der Waals surface area contributed by atoms with E-state index in [1.165, 1.54) is 10.4 Å². The van der Waals surface area contributed by atoms with Gasteiger partial charge in [0.15, 0.2) is 0 Å². The molecule has 11 heteroatoms. The predicted molar refractivity (Wildman–Crippen MR) is 135 cm³/mol. The smallest absolute Gasteiger partial charge is 0.266 e. The molecule has 1 amide bonds. The van der Waals surface area contributed by atoms with Crippen molar-refractivity contribution in [2.24, 2.45) is 5.73 Å². The van der Waals surface area contributed by atoms with Crippen LogP contribution in [0.25, 0.3) is 22.2 Å². The van der Waals surface area contributed by atoms with Crippen LogP contribution in [0.4, 0.5) is 0 Å². The molecule has 9 nitrogen and oxygen atoms in total. The second kappa shape index (κ2) is 9.90. The number of rotatable bonds is 7. The summed E-state index contributed by atoms with van der Waals surface area (Å²) in [5.74, 6) is -0.258. The maximum absolute atomic E-state index is 13.7. The first-order chi connectivity index (χ1) is 17.3. The minimum atomic E-state index is -4.10. The Morgan fingerprint density at radius 1 is 1.19 bits per heavy atom. The molecule has 1 aliphatic heterocycles. The summed E-state index contributed by atoms with van der Waals surface area (Å²) in [5.41, 5.74) is 7.49. The summed E-state index contributed by atoms with van der Waals surface area (Å²) in [6.45, 7) is 0.490. The lowest BCUT2D eigenvalue weighted by molar-refractivity contribution is -0.0249. The molecule has 3 heterocycles. The number of nitrogens with zero attached hydrogens (tertiary/aromatic N) is 2. The van der Waals surface area contributed by atoms with Crippen molar-refractivity contribution in [3.05, 3.63) is 77.6 Å². The van der Waals surface area contributed by atoms with Crippen LogP contribution >= 0.6 is 11.6 Å². The average molecular weight is 527 g/mol. The summed E-state index contributed by atoms with van der Waals surface area (Å²) in [7, 11) is -4.10. The summed E-state index contributed by atoms with van der Waals surface area (Å²) in [4.78, 5) is 19.1. The number of nitrogens with one attached hydrogen (secondary N) is 1. The molecular weight excluding hydrogens is 504 g/mol. The number of H-pyrrole nitrogens is 1. The first kappa shape index (κ1) is 24.3. The number of carbonyl (C=O) groups is 1. The van der Waals surface area contributed by atoms with Gasteiger partial charge in [0, 0.05) is 40.8 Å². The molecule has 3 N–H and O–H groups in total. The summed E-state index contributed by atoms with van der Waals surface area (Å²) in [6, 6.07) is 17.9. The van der Waals surface area contributed by atoms with Crippen molar-refractivity contribution in [1.82, 2.24) is 14.3 Å². The summed E-state index contributed by atoms with van der Waals surface area (Å²) >= 11 is 6.11. The van der Waals surface area contributed by atoms with E-state index in [0.29, 0.717) is 21.7 Å². The number of sulfonamides is 1. The Morgan fingerprint density at radius 2 is 2.06 bits per heavy atom. The number of fused-ring (bicyclic) bond motifs is 1. The van der Waals surface area contributed by atoms with E-state index in [4.69, 9.17) is 26.8 Å². The topological polar surface area (TPSA) is 128 Å². The molecule has 4 aromatic rings. The lowest BCUT2D eigenvalue weighted by Gasteiger charge is -2.32. The second-order valence-electron chi connectivity index (χ2n) is 8.29. The van der Waals surface area contributed by atoms with Crippen LogP contribution < -0.4 is 10.5 Å². The molecular formula is C25H23ClN4O5S. The number of halogens is 1. The van der Waals surface area contributed by atoms with Gasteiger partial charge in [0.05, 0.1) is 12.3 Å². The number of aromatic amines is 1. The van der Waals surface area contributed by atoms with Crippen molar-refractivity contribution < 1.29 is 22.7 Å². The molecule has 1 unspecified atom stereocenters. The standard InChI is InChI=1S/C25H23ClN4O5S/c26-17-7-8-22-20(13-17)24(23(29-22)25(27)31)36(32,33)30-10-11-34-19(14-30)15-35-18-5-3-4-16(12-18)21-6-1-2-9-28-21/h1-9,12-13,19,29H,10-11,14-15H2,(H2,27,31). The maximum Gasteiger partial charge on any atom is 0.266 e. The van der Waals surface area contributed by atoms with Crippen molar-refractivity contribution in [3.63, 3.8) is 0 Å². The molecule has 1 atom stereocenters. The number of benzene rings is 2. The van der Waals surface area contributed by atoms with Gasteiger partial charge < -0.3 is 20.2 Å². The van der Waals surface area contributed by atoms with E-state index in [-0.39, 0.29) is 36.9 Å². The van der Waals surface area contributed by atoms with Crippen molar-refractivity contribution in [2.45, 2.75) is 11.0 Å². The molecule has 0 spiro atoms. The van der Waals surface area contributed by atoms with Crippen LogP contribution in [0.1, 0.15) is 10.5 Å². The van der Waals surface area contributed by atoms with Crippen LogP contribution in [0.2, 0.25) is 5.02 Å². The van der Waals surface area contributed by atoms with Crippen molar-refractivity contribution in [3.8, 4) is 17.0 Å². The molecule has 1 saturated heterocycles. The Balaban J connectivity index is 1.35. The highest BCUT2D eigenvalue weighted by Crippen LogP contribution is 2.32. The van der Waals surface area contributed by atoms with E-state index < -0.39 is 22.0 Å². The zero-order chi connectivity index (χ0) is 25.3. The number of aromatic nitrogens is 2. The molecule has 1 fully saturated rings. The van der Waals surface area contributed by atoms with Gasteiger partial charge >= 0.3 is 0 Å². The summed E-state index contributed by atoms with van der Waals surface area (Å²) in [6.07, 6.45) is 1.21. The first-order valence-corrected chi connectivity index (χ1v) is 13.0. The average Bonchev–Trinajstić information content (AvgIpc) is 3.28. The fraction of sp³-hybridized carbons (Fsp3) is 0.200. The SMILES string of the molecule is NC(=O)c1[nH]c2ccc(Cl)cc2c1S(=O)(=O)N1CCOC(COc2cccc(-c3ccccn3)c2)C1. The fourth-order valence-corrected chi connectivity index (χ4v) is 6.15. The minimum absolute atomic E-state index is 0.0493. The summed E-state index contributed by atoms with van der Waals surface area (Å²) in [5, 5.41) is 0.650. The normalized spacial score (nSPS) is 16.8. The Labute approximate surface area is 212 Å². The largest absolute Gasteiger partial charge is 0.491 e. The number of ether oxygens (including phenoxy) is 2. The van der Waals surface area contributed by atoms with Gasteiger partial charge in [-0.15, -0.1) is 0 Å². The van der Waals surface area contributed by atoms with E-state index in [0.717, 1.165) is 11.3 Å². The third kappa shape index (κ3) is 4.80. The lowest BCUT2D eigenvalue weighted by Crippen LogP contribution is -2.47. The minimum Gasteiger partial charge on any atom is -0.491 e. The van der Waals surface area contributed by atoms with Crippen LogP contribution in [0.3, 0.4) is 0 Å². The molecule has 0 aliphatic carbocycles. The van der Waals surface area contributed by atoms with E-state index >= 15 is 0 Å². The van der Waals surface area contributed by atoms with Gasteiger partial charge in [-0.3, -0.25) is 9.78 Å². The van der Waals surface area contributed by atoms with Crippen LogP contribution in [0.15, 0.2) is 71.8 Å². The van der Waals surface area contributed by atoms with Crippen molar-refractivity contribution in [2.75, 3.05) is 26.3 Å². The third-order valence-electron chi connectivity index (χ3n) is 5.89. The molecule has 2 aromatic carbocycles. The number of hydrogen-bond acceptors (Lipinski definition) is 6. The zero-order valence-electron chi connectivity index (χ0n) is 19.1. The maximum atomic E-state index is 13.7. The number of pyridine rings is 1. The number of hydrogen-bond donors (Lipinski definition) is 2. The van der Waals surface area contributed by atoms with Gasteiger partial charge in [0.1, 0.15) is 29.0 Å². The molecule has 36 heavy (non-hydrogen) atoms. The number of primary amides is 1. The van der Waals surface area contributed by atoms with Gasteiger partial charge in [0.2, 0.25) is 10.0 Å². The molecule has 5 rings (SSSR count). The highest BCUT2D eigenvalue weighted by molar-refractivity contribution is 7.89. The number of nitrogens with two attached hydrogens (primary N) is 1. The first-order valence-electron chi connectivity index (χ1n) is 11.2. The third-order valence-corrected chi connectivity index (χ3v) is 8.08. The molecule has 0 saturated carbocycles. The van der Waals surface area contributed by atoms with Gasteiger partial charge in [-0.05, 0) is 42.5 Å². The van der Waals surface area contributed by atoms with Gasteiger partial charge in [0.25, 0.3) is 5.91 Å². The van der Waals surface area contributed by atoms with Crippen LogP contribution in [-0.4, -0.2) is 61.0 Å². The van der Waals surface area contributed by atoms with Crippen molar-refractivity contribution in [1.29, 1.82) is 0 Å². The fourth-order valence-electron chi connectivity index (χ4n) is 4.19. The quantitative estimate of drug-likeness (QED) is 0.379. The summed E-state index contributed by atoms with van der Waals surface area (Å²) < 4.78 is 40.3. The monoisotopic (exact) mass is 526 g/mol. The van der Waals surface area contributed by atoms with Gasteiger partial charge in [-0.2, -0.15) is 4.31 Å². The van der Waals surface area contributed by atoms with Crippen LogP contribution in [0.5, 0.6) is 5.75 Å². The predicted octanol–water partition coefficient (Wildman–Crippen LogP) is 3.45. The Kier molecular flexibility index (Phi) is 6.67. The number of morpholine rings is 1. The second-order valence-corrected chi connectivity index (χ2v) is 10.6. The Morgan fingerprint density at radius 3 is 2.83 bits per heavy atom. The molecule has 0 radical (unpaired) electrons. The van der Waals surface area contributed by atoms with Crippen LogP contribution in [-0.2, 0) is 14.8 Å². The highest BCUT2D eigenvalue weighted by atomic mass is 35.5. The van der Waals surface area contributed by atoms with E-state index in [1.807, 2.05) is 42.5 Å². The van der Waals surface area contributed by atoms with Crippen molar-refractivity contribution >= 4 is 38.4 Å². The molecule has 0 bridgehead atoms. The van der Waals surface area contributed by atoms with E-state index in [9.17, 15) is 13.2 Å². The molecule has 186 valence electrons. The number of carbonyl (C=O) groups excluding carboxylic acids is 1. The lowest BCUT2D eigenvalue weighted by atomic mass is 10.1. The van der Waals surface area contributed by atoms with E-state index in [1.54, 1.807) is 18.3 Å². The van der Waals surface area contributed by atoms with E-state index in [2.05, 4.69) is 9.97 Å². The van der Waals surface area contributed by atoms with Crippen LogP contribution in [0, 0.1) is 0 Å². The van der Waals surface area contributed by atoms with Gasteiger partial charge in [-0.25, -0.2) is 8.42 Å². The molecule has 1 aliphatic rings. The number of amides is 1. The van der Waals surface area contributed by atoms with Gasteiger partial charge in [-0.1, -0.05) is 29.8 Å². The zero-order valence-corrected chi connectivity index (χ0v) is 20.6.